The Balaban J connectivity index is 1.89. The molecule has 0 saturated carbocycles. The highest BCUT2D eigenvalue weighted by atomic mass is 35.5. The minimum Gasteiger partial charge on any atom is -0.495 e. The van der Waals surface area contributed by atoms with Crippen LogP contribution in [0.4, 0.5) is 5.69 Å². The Morgan fingerprint density at radius 1 is 1.52 bits per heavy atom. The molecule has 21 heavy (non-hydrogen) atoms. The second kappa shape index (κ2) is 6.99. The van der Waals surface area contributed by atoms with Gasteiger partial charge in [-0.15, -0.1) is 0 Å². The Kier molecular flexibility index (Phi) is 5.05. The van der Waals surface area contributed by atoms with Crippen LogP contribution in [0, 0.1) is 6.92 Å². The van der Waals surface area contributed by atoms with Crippen LogP contribution in [0.1, 0.15) is 5.56 Å². The Hall–Kier alpha value is -2.21. The van der Waals surface area contributed by atoms with Gasteiger partial charge in [0.05, 0.1) is 31.4 Å². The van der Waals surface area contributed by atoms with Gasteiger partial charge in [0, 0.05) is 11.9 Å². The minimum atomic E-state index is 0.333. The lowest BCUT2D eigenvalue weighted by atomic mass is 10.3. The number of aryl methyl sites for hydroxylation is 1. The van der Waals surface area contributed by atoms with Crippen LogP contribution in [0.2, 0.25) is 5.02 Å². The number of anilines is 1. The maximum atomic E-state index is 6.04. The van der Waals surface area contributed by atoms with Crippen LogP contribution >= 0.6 is 11.6 Å². The number of ether oxygens (including phenoxy) is 1. The van der Waals surface area contributed by atoms with Crippen LogP contribution in [0.5, 0.6) is 5.75 Å². The number of guanidine groups is 1. The molecule has 0 spiro atoms. The van der Waals surface area contributed by atoms with E-state index in [9.17, 15) is 0 Å². The largest absolute Gasteiger partial charge is 0.495 e. The van der Waals surface area contributed by atoms with Gasteiger partial charge < -0.3 is 15.8 Å². The third-order valence-corrected chi connectivity index (χ3v) is 3.09. The zero-order chi connectivity index (χ0) is 15.2. The van der Waals surface area contributed by atoms with E-state index in [2.05, 4.69) is 15.4 Å². The van der Waals surface area contributed by atoms with E-state index in [1.807, 2.05) is 30.1 Å². The summed E-state index contributed by atoms with van der Waals surface area (Å²) in [6.07, 6.45) is 3.77. The summed E-state index contributed by atoms with van der Waals surface area (Å²) in [7, 11) is 1.57. The van der Waals surface area contributed by atoms with Gasteiger partial charge in [-0.2, -0.15) is 5.10 Å². The smallest absolute Gasteiger partial charge is 0.193 e. The molecule has 0 amide bonds. The topological polar surface area (TPSA) is 77.5 Å². The van der Waals surface area contributed by atoms with Crippen molar-refractivity contribution in [3.63, 3.8) is 0 Å². The van der Waals surface area contributed by atoms with Crippen LogP contribution in [-0.4, -0.2) is 29.4 Å². The number of aromatic nitrogens is 2. The van der Waals surface area contributed by atoms with Crippen molar-refractivity contribution in [2.75, 3.05) is 19.0 Å². The lowest BCUT2D eigenvalue weighted by molar-refractivity contribution is 0.415. The minimum absolute atomic E-state index is 0.333. The molecule has 112 valence electrons. The van der Waals surface area contributed by atoms with Crippen LogP contribution in [-0.2, 0) is 6.54 Å². The fourth-order valence-corrected chi connectivity index (χ4v) is 2.05. The van der Waals surface area contributed by atoms with Crippen molar-refractivity contribution >= 4 is 23.2 Å². The molecule has 0 aliphatic carbocycles. The maximum absolute atomic E-state index is 6.04. The van der Waals surface area contributed by atoms with E-state index in [0.29, 0.717) is 29.8 Å². The van der Waals surface area contributed by atoms with Crippen molar-refractivity contribution in [3.8, 4) is 5.75 Å². The average Bonchev–Trinajstić information content (AvgIpc) is 2.84. The maximum Gasteiger partial charge on any atom is 0.193 e. The number of hydrogen-bond acceptors (Lipinski definition) is 3. The van der Waals surface area contributed by atoms with Crippen LogP contribution < -0.4 is 15.8 Å². The zero-order valence-electron chi connectivity index (χ0n) is 12.0. The van der Waals surface area contributed by atoms with Gasteiger partial charge in [-0.1, -0.05) is 11.6 Å². The van der Waals surface area contributed by atoms with Gasteiger partial charge in [-0.25, -0.2) is 0 Å². The number of rotatable bonds is 5. The number of aliphatic imine (C=N–C) groups is 1. The standard InChI is InChI=1S/C14H18ClN5O/c1-10-8-18-20(9-10)6-5-17-14(16)19-11-3-4-13(21-2)12(15)7-11/h3-4,7-9H,5-6H2,1-2H3,(H3,16,17,19). The molecule has 2 rings (SSSR count). The van der Waals surface area contributed by atoms with Crippen molar-refractivity contribution in [1.29, 1.82) is 0 Å². The first-order valence-electron chi connectivity index (χ1n) is 6.48. The number of nitrogens with zero attached hydrogens (tertiary/aromatic N) is 3. The Bertz CT molecular complexity index is 638. The number of benzene rings is 1. The molecule has 0 aliphatic heterocycles. The van der Waals surface area contributed by atoms with Gasteiger partial charge in [0.1, 0.15) is 5.75 Å². The third kappa shape index (κ3) is 4.39. The van der Waals surface area contributed by atoms with Crippen LogP contribution in [0.3, 0.4) is 0 Å². The van der Waals surface area contributed by atoms with E-state index >= 15 is 0 Å². The molecule has 7 heteroatoms. The molecule has 0 atom stereocenters. The van der Waals surface area contributed by atoms with Crippen molar-refractivity contribution in [2.24, 2.45) is 10.7 Å². The van der Waals surface area contributed by atoms with Gasteiger partial charge in [0.2, 0.25) is 0 Å². The van der Waals surface area contributed by atoms with Crippen LogP contribution in [0.25, 0.3) is 0 Å². The SMILES string of the molecule is COc1ccc(NC(N)=NCCn2cc(C)cn2)cc1Cl. The Morgan fingerprint density at radius 2 is 2.33 bits per heavy atom. The molecule has 0 fully saturated rings. The van der Waals surface area contributed by atoms with Gasteiger partial charge >= 0.3 is 0 Å². The van der Waals surface area contributed by atoms with Crippen molar-refractivity contribution in [1.82, 2.24) is 9.78 Å². The summed E-state index contributed by atoms with van der Waals surface area (Å²) in [6, 6.07) is 5.33. The highest BCUT2D eigenvalue weighted by Gasteiger charge is 2.02. The first-order valence-corrected chi connectivity index (χ1v) is 6.86. The number of halogens is 1. The van der Waals surface area contributed by atoms with Crippen molar-refractivity contribution < 1.29 is 4.74 Å². The summed E-state index contributed by atoms with van der Waals surface area (Å²) >= 11 is 6.04. The molecule has 0 radical (unpaired) electrons. The molecule has 3 N–H and O–H groups in total. The number of methoxy groups -OCH3 is 1. The van der Waals surface area contributed by atoms with E-state index in [1.165, 1.54) is 0 Å². The Morgan fingerprint density at radius 3 is 2.95 bits per heavy atom. The predicted octanol–water partition coefficient (Wildman–Crippen LogP) is 2.28. The van der Waals surface area contributed by atoms with E-state index < -0.39 is 0 Å². The monoisotopic (exact) mass is 307 g/mol. The first-order chi connectivity index (χ1) is 10.1. The molecule has 0 aliphatic rings. The van der Waals surface area contributed by atoms with Gasteiger partial charge in [-0.05, 0) is 30.7 Å². The van der Waals surface area contributed by atoms with E-state index in [-0.39, 0.29) is 0 Å². The quantitative estimate of drug-likeness (QED) is 0.656. The second-order valence-electron chi connectivity index (χ2n) is 4.52. The fraction of sp³-hybridized carbons (Fsp3) is 0.286. The molecule has 1 aromatic carbocycles. The van der Waals surface area contributed by atoms with Crippen molar-refractivity contribution in [2.45, 2.75) is 13.5 Å². The molecular formula is C14H18ClN5O. The van der Waals surface area contributed by atoms with Gasteiger partial charge in [-0.3, -0.25) is 9.67 Å². The lowest BCUT2D eigenvalue weighted by Crippen LogP contribution is -2.23. The van der Waals surface area contributed by atoms with E-state index in [4.69, 9.17) is 22.1 Å². The average molecular weight is 308 g/mol. The van der Waals surface area contributed by atoms with Gasteiger partial charge in [0.25, 0.3) is 0 Å². The second-order valence-corrected chi connectivity index (χ2v) is 4.93. The lowest BCUT2D eigenvalue weighted by Gasteiger charge is -2.08. The molecule has 0 bridgehead atoms. The number of nitrogens with one attached hydrogen (secondary N) is 1. The molecule has 0 saturated heterocycles. The summed E-state index contributed by atoms with van der Waals surface area (Å²) in [5.74, 6) is 0.951. The molecular weight excluding hydrogens is 290 g/mol. The summed E-state index contributed by atoms with van der Waals surface area (Å²) in [5, 5.41) is 7.68. The molecule has 0 unspecified atom stereocenters. The summed E-state index contributed by atoms with van der Waals surface area (Å²) in [6.45, 7) is 3.22. The highest BCUT2D eigenvalue weighted by Crippen LogP contribution is 2.26. The first kappa shape index (κ1) is 15.2. The molecule has 1 aromatic heterocycles. The van der Waals surface area contributed by atoms with E-state index in [0.717, 1.165) is 11.3 Å². The summed E-state index contributed by atoms with van der Waals surface area (Å²) in [5.41, 5.74) is 7.71. The normalized spacial score (nSPS) is 11.5. The van der Waals surface area contributed by atoms with Crippen LogP contribution in [0.15, 0.2) is 35.6 Å². The summed E-state index contributed by atoms with van der Waals surface area (Å²) in [4.78, 5) is 4.24. The number of hydrogen-bond donors (Lipinski definition) is 2. The molecule has 6 nitrogen and oxygen atoms in total. The number of nitrogens with two attached hydrogens (primary N) is 1. The fourth-order valence-electron chi connectivity index (χ4n) is 1.79. The highest BCUT2D eigenvalue weighted by molar-refractivity contribution is 6.32. The Labute approximate surface area is 128 Å². The molecule has 1 heterocycles. The third-order valence-electron chi connectivity index (χ3n) is 2.80. The summed E-state index contributed by atoms with van der Waals surface area (Å²) < 4.78 is 6.92. The van der Waals surface area contributed by atoms with E-state index in [1.54, 1.807) is 19.2 Å². The predicted molar refractivity (Wildman–Crippen MR) is 85.1 cm³/mol. The van der Waals surface area contributed by atoms with Crippen molar-refractivity contribution in [3.05, 3.63) is 41.2 Å². The molecule has 2 aromatic rings. The zero-order valence-corrected chi connectivity index (χ0v) is 12.8. The van der Waals surface area contributed by atoms with Gasteiger partial charge in [0.15, 0.2) is 5.96 Å².